The zero-order chi connectivity index (χ0) is 21.5. The number of carbonyl (C=O) groups excluding carboxylic acids is 1. The van der Waals surface area contributed by atoms with Crippen molar-refractivity contribution in [3.05, 3.63) is 68.9 Å². The molecule has 1 aromatic carbocycles. The van der Waals surface area contributed by atoms with Crippen LogP contribution in [0.15, 0.2) is 35.1 Å². The summed E-state index contributed by atoms with van der Waals surface area (Å²) in [4.78, 5) is 30.7. The van der Waals surface area contributed by atoms with Crippen LogP contribution in [0.2, 0.25) is 0 Å². The van der Waals surface area contributed by atoms with Gasteiger partial charge in [-0.15, -0.1) is 0 Å². The van der Waals surface area contributed by atoms with E-state index in [0.29, 0.717) is 30.8 Å². The SMILES string of the molecule is Cc1cc(F)ccc1C(=O)N1C[C@@H]2C[C@H](C1)c1ccc(CN3CCCCC3)c(=O)n1C2. The predicted molar refractivity (Wildman–Crippen MR) is 118 cm³/mol. The van der Waals surface area contributed by atoms with Crippen molar-refractivity contribution >= 4 is 5.91 Å². The van der Waals surface area contributed by atoms with E-state index >= 15 is 0 Å². The molecule has 1 aromatic heterocycles. The number of benzene rings is 1. The number of fused-ring (bicyclic) bond motifs is 4. The van der Waals surface area contributed by atoms with Gasteiger partial charge in [0.25, 0.3) is 11.5 Å². The van der Waals surface area contributed by atoms with Crippen LogP contribution in [0.5, 0.6) is 0 Å². The summed E-state index contributed by atoms with van der Waals surface area (Å²) in [6.45, 7) is 6.59. The molecular weight excluding hydrogens is 393 g/mol. The summed E-state index contributed by atoms with van der Waals surface area (Å²) in [5.41, 5.74) is 3.32. The summed E-state index contributed by atoms with van der Waals surface area (Å²) >= 11 is 0. The smallest absolute Gasteiger partial charge is 0.255 e. The van der Waals surface area contributed by atoms with Gasteiger partial charge in [0, 0.05) is 48.9 Å². The van der Waals surface area contributed by atoms with Gasteiger partial charge >= 0.3 is 0 Å². The van der Waals surface area contributed by atoms with Gasteiger partial charge in [0.1, 0.15) is 5.82 Å². The quantitative estimate of drug-likeness (QED) is 0.759. The van der Waals surface area contributed by atoms with E-state index in [9.17, 15) is 14.0 Å². The van der Waals surface area contributed by atoms with Crippen molar-refractivity contribution < 1.29 is 9.18 Å². The normalized spacial score (nSPS) is 23.5. The van der Waals surface area contributed by atoms with Crippen LogP contribution in [0, 0.1) is 18.7 Å². The van der Waals surface area contributed by atoms with Crippen molar-refractivity contribution in [1.29, 1.82) is 0 Å². The number of hydrogen-bond acceptors (Lipinski definition) is 3. The van der Waals surface area contributed by atoms with E-state index in [1.54, 1.807) is 13.0 Å². The first-order valence-electron chi connectivity index (χ1n) is 11.5. The molecule has 2 fully saturated rings. The van der Waals surface area contributed by atoms with Crippen LogP contribution >= 0.6 is 0 Å². The lowest BCUT2D eigenvalue weighted by molar-refractivity contribution is 0.0593. The minimum absolute atomic E-state index is 0.0373. The third-order valence-electron chi connectivity index (χ3n) is 7.23. The highest BCUT2D eigenvalue weighted by Gasteiger charge is 2.37. The van der Waals surface area contributed by atoms with Crippen molar-refractivity contribution in [2.75, 3.05) is 26.2 Å². The summed E-state index contributed by atoms with van der Waals surface area (Å²) in [7, 11) is 0. The Balaban J connectivity index is 1.37. The van der Waals surface area contributed by atoms with Gasteiger partial charge in [-0.3, -0.25) is 14.5 Å². The van der Waals surface area contributed by atoms with Gasteiger partial charge in [0.2, 0.25) is 0 Å². The fourth-order valence-corrected chi connectivity index (χ4v) is 5.67. The number of rotatable bonds is 3. The van der Waals surface area contributed by atoms with Crippen molar-refractivity contribution in [3.8, 4) is 0 Å². The van der Waals surface area contributed by atoms with Gasteiger partial charge in [0.15, 0.2) is 0 Å². The molecule has 2 atom stereocenters. The molecule has 3 aliphatic heterocycles. The second kappa shape index (κ2) is 8.23. The number of nitrogens with zero attached hydrogens (tertiary/aromatic N) is 3. The molecule has 1 amide bonds. The number of pyridine rings is 1. The van der Waals surface area contributed by atoms with Crippen LogP contribution in [0.4, 0.5) is 4.39 Å². The summed E-state index contributed by atoms with van der Waals surface area (Å²) in [5, 5.41) is 0. The average molecular weight is 424 g/mol. The van der Waals surface area contributed by atoms with E-state index in [1.807, 2.05) is 15.5 Å². The molecule has 0 radical (unpaired) electrons. The zero-order valence-corrected chi connectivity index (χ0v) is 18.1. The highest BCUT2D eigenvalue weighted by molar-refractivity contribution is 5.95. The van der Waals surface area contributed by atoms with Gasteiger partial charge < -0.3 is 9.47 Å². The van der Waals surface area contributed by atoms with Crippen LogP contribution < -0.4 is 5.56 Å². The van der Waals surface area contributed by atoms with Crippen LogP contribution in [0.25, 0.3) is 0 Å². The Morgan fingerprint density at radius 2 is 1.87 bits per heavy atom. The van der Waals surface area contributed by atoms with Crippen LogP contribution in [-0.4, -0.2) is 46.5 Å². The second-order valence-electron chi connectivity index (χ2n) is 9.50. The first-order chi connectivity index (χ1) is 15.0. The molecule has 3 aliphatic rings. The van der Waals surface area contributed by atoms with Gasteiger partial charge in [-0.25, -0.2) is 4.39 Å². The molecule has 0 saturated carbocycles. The lowest BCUT2D eigenvalue weighted by Crippen LogP contribution is -2.49. The Labute approximate surface area is 182 Å². The topological polar surface area (TPSA) is 45.6 Å². The highest BCUT2D eigenvalue weighted by Crippen LogP contribution is 2.36. The number of likely N-dealkylation sites (tertiary alicyclic amines) is 2. The molecule has 31 heavy (non-hydrogen) atoms. The minimum atomic E-state index is -0.321. The lowest BCUT2D eigenvalue weighted by Gasteiger charge is -2.43. The Hall–Kier alpha value is -2.47. The highest BCUT2D eigenvalue weighted by atomic mass is 19.1. The van der Waals surface area contributed by atoms with E-state index in [0.717, 1.165) is 37.3 Å². The van der Waals surface area contributed by atoms with E-state index in [-0.39, 0.29) is 29.1 Å². The fraction of sp³-hybridized carbons (Fsp3) is 0.520. The number of hydrogen-bond donors (Lipinski definition) is 0. The minimum Gasteiger partial charge on any atom is -0.338 e. The number of halogens is 1. The van der Waals surface area contributed by atoms with Crippen LogP contribution in [0.3, 0.4) is 0 Å². The largest absolute Gasteiger partial charge is 0.338 e. The first kappa shape index (κ1) is 20.4. The van der Waals surface area contributed by atoms with E-state index in [1.165, 1.54) is 31.4 Å². The Kier molecular flexibility index (Phi) is 5.42. The summed E-state index contributed by atoms with van der Waals surface area (Å²) in [6.07, 6.45) is 4.73. The maximum absolute atomic E-state index is 13.5. The van der Waals surface area contributed by atoms with Crippen LogP contribution in [-0.2, 0) is 13.1 Å². The van der Waals surface area contributed by atoms with Crippen molar-refractivity contribution in [2.24, 2.45) is 5.92 Å². The lowest BCUT2D eigenvalue weighted by atomic mass is 9.82. The number of carbonyl (C=O) groups is 1. The Bertz CT molecular complexity index is 1060. The van der Waals surface area contributed by atoms with E-state index in [2.05, 4.69) is 11.0 Å². The fourth-order valence-electron chi connectivity index (χ4n) is 5.67. The molecule has 2 bridgehead atoms. The van der Waals surface area contributed by atoms with Gasteiger partial charge in [-0.2, -0.15) is 0 Å². The molecule has 5 nitrogen and oxygen atoms in total. The van der Waals surface area contributed by atoms with Gasteiger partial charge in [-0.05, 0) is 75.0 Å². The molecule has 0 unspecified atom stereocenters. The molecule has 4 heterocycles. The maximum atomic E-state index is 13.5. The molecule has 6 heteroatoms. The maximum Gasteiger partial charge on any atom is 0.255 e. The monoisotopic (exact) mass is 423 g/mol. The first-order valence-corrected chi connectivity index (χ1v) is 11.5. The third kappa shape index (κ3) is 3.93. The van der Waals surface area contributed by atoms with Crippen molar-refractivity contribution in [3.63, 3.8) is 0 Å². The van der Waals surface area contributed by atoms with Crippen molar-refractivity contribution in [1.82, 2.24) is 14.4 Å². The molecular formula is C25H30FN3O2. The van der Waals surface area contributed by atoms with Gasteiger partial charge in [0.05, 0.1) is 0 Å². The molecule has 5 rings (SSSR count). The average Bonchev–Trinajstić information content (AvgIpc) is 2.76. The molecule has 0 aliphatic carbocycles. The molecule has 2 saturated heterocycles. The number of aromatic nitrogens is 1. The number of amides is 1. The van der Waals surface area contributed by atoms with E-state index in [4.69, 9.17) is 0 Å². The molecule has 0 spiro atoms. The zero-order valence-electron chi connectivity index (χ0n) is 18.1. The second-order valence-corrected chi connectivity index (χ2v) is 9.50. The third-order valence-corrected chi connectivity index (χ3v) is 7.23. The Morgan fingerprint density at radius 1 is 1.06 bits per heavy atom. The summed E-state index contributed by atoms with van der Waals surface area (Å²) < 4.78 is 15.4. The van der Waals surface area contributed by atoms with E-state index < -0.39 is 0 Å². The van der Waals surface area contributed by atoms with Crippen molar-refractivity contribution in [2.45, 2.75) is 51.6 Å². The summed E-state index contributed by atoms with van der Waals surface area (Å²) in [5.74, 6) is 0.0933. The summed E-state index contributed by atoms with van der Waals surface area (Å²) in [6, 6.07) is 8.47. The van der Waals surface area contributed by atoms with Crippen LogP contribution in [0.1, 0.15) is 58.8 Å². The predicted octanol–water partition coefficient (Wildman–Crippen LogP) is 3.54. The molecule has 164 valence electrons. The van der Waals surface area contributed by atoms with Gasteiger partial charge in [-0.1, -0.05) is 12.5 Å². The molecule has 0 N–H and O–H groups in total. The molecule has 2 aromatic rings. The number of piperidine rings is 2. The number of aryl methyl sites for hydroxylation is 1. The standard InChI is InChI=1S/C25H30FN3O2/c1-17-11-21(26)6-7-22(17)25(31)28-13-18-12-20(16-28)23-8-5-19(24(30)29(23)14-18)15-27-9-3-2-4-10-27/h5-8,11,18,20H,2-4,9-10,12-16H2,1H3/t18-,20+/m0/s1. The Morgan fingerprint density at radius 3 is 2.65 bits per heavy atom.